The number of para-hydroxylation sites is 1. The molecule has 1 aromatic carbocycles. The van der Waals surface area contributed by atoms with E-state index < -0.39 is 0 Å². The van der Waals surface area contributed by atoms with Gasteiger partial charge >= 0.3 is 5.97 Å². The Hall–Kier alpha value is -3.16. The molecule has 4 rings (SSSR count). The van der Waals surface area contributed by atoms with Crippen LogP contribution in [0, 0.1) is 5.92 Å². The Morgan fingerprint density at radius 1 is 1.19 bits per heavy atom. The average molecular weight is 425 g/mol. The predicted octanol–water partition coefficient (Wildman–Crippen LogP) is 3.07. The molecule has 164 valence electrons. The van der Waals surface area contributed by atoms with Crippen LogP contribution in [0.4, 0.5) is 0 Å². The lowest BCUT2D eigenvalue weighted by Gasteiger charge is -2.31. The molecule has 8 heteroatoms. The van der Waals surface area contributed by atoms with Gasteiger partial charge in [-0.2, -0.15) is 0 Å². The molecule has 0 bridgehead atoms. The Kier molecular flexibility index (Phi) is 6.64. The summed E-state index contributed by atoms with van der Waals surface area (Å²) in [5.74, 6) is 0.621. The summed E-state index contributed by atoms with van der Waals surface area (Å²) in [5.41, 5.74) is 2.33. The molecule has 0 saturated carbocycles. The molecule has 1 aliphatic rings. The van der Waals surface area contributed by atoms with E-state index in [-0.39, 0.29) is 17.8 Å². The van der Waals surface area contributed by atoms with Gasteiger partial charge in [0.15, 0.2) is 0 Å². The van der Waals surface area contributed by atoms with Crippen LogP contribution in [-0.4, -0.2) is 51.7 Å². The molecular formula is C23H28N4O4. The van der Waals surface area contributed by atoms with E-state index in [1.54, 1.807) is 11.8 Å². The van der Waals surface area contributed by atoms with Gasteiger partial charge in [-0.25, -0.2) is 0 Å². The molecule has 31 heavy (non-hydrogen) atoms. The van der Waals surface area contributed by atoms with Crippen molar-refractivity contribution in [2.24, 2.45) is 5.92 Å². The SMILES string of the molecule is CCOC(=O)[C@@H]1CCCN(C(=O)CCc2nnc(CCc3c[nH]c4ccccc34)o2)C1. The fourth-order valence-corrected chi connectivity index (χ4v) is 4.10. The van der Waals surface area contributed by atoms with Crippen molar-refractivity contribution in [3.8, 4) is 0 Å². The molecule has 1 aliphatic heterocycles. The minimum absolute atomic E-state index is 0.00698. The van der Waals surface area contributed by atoms with Gasteiger partial charge in [0.25, 0.3) is 0 Å². The number of carbonyl (C=O) groups is 2. The van der Waals surface area contributed by atoms with Crippen LogP contribution >= 0.6 is 0 Å². The monoisotopic (exact) mass is 424 g/mol. The number of nitrogens with zero attached hydrogens (tertiary/aromatic N) is 3. The highest BCUT2D eigenvalue weighted by Gasteiger charge is 2.29. The Balaban J connectivity index is 1.26. The Morgan fingerprint density at radius 2 is 2.00 bits per heavy atom. The van der Waals surface area contributed by atoms with Gasteiger partial charge in [0.1, 0.15) is 0 Å². The van der Waals surface area contributed by atoms with E-state index in [0.29, 0.717) is 50.7 Å². The summed E-state index contributed by atoms with van der Waals surface area (Å²) in [6.07, 6.45) is 5.74. The minimum atomic E-state index is -0.225. The van der Waals surface area contributed by atoms with E-state index >= 15 is 0 Å². The highest BCUT2D eigenvalue weighted by Crippen LogP contribution is 2.20. The lowest BCUT2D eigenvalue weighted by Crippen LogP contribution is -2.42. The molecule has 2 aromatic heterocycles. The molecule has 1 saturated heterocycles. The van der Waals surface area contributed by atoms with Crippen molar-refractivity contribution >= 4 is 22.8 Å². The Labute approximate surface area is 181 Å². The number of esters is 1. The number of hydrogen-bond acceptors (Lipinski definition) is 6. The molecule has 0 spiro atoms. The second-order valence-electron chi connectivity index (χ2n) is 7.88. The largest absolute Gasteiger partial charge is 0.466 e. The second kappa shape index (κ2) is 9.76. The van der Waals surface area contributed by atoms with Gasteiger partial charge in [0.05, 0.1) is 12.5 Å². The maximum Gasteiger partial charge on any atom is 0.310 e. The molecule has 1 atom stereocenters. The third-order valence-corrected chi connectivity index (χ3v) is 5.74. The number of aryl methyl sites for hydroxylation is 3. The first-order chi connectivity index (χ1) is 15.1. The first kappa shape index (κ1) is 21.1. The van der Waals surface area contributed by atoms with Crippen LogP contribution in [0.1, 0.15) is 43.5 Å². The molecule has 0 radical (unpaired) electrons. The lowest BCUT2D eigenvalue weighted by atomic mass is 9.98. The number of fused-ring (bicyclic) bond motifs is 1. The third-order valence-electron chi connectivity index (χ3n) is 5.74. The zero-order valence-electron chi connectivity index (χ0n) is 17.8. The summed E-state index contributed by atoms with van der Waals surface area (Å²) in [7, 11) is 0. The third kappa shape index (κ3) is 5.13. The van der Waals surface area contributed by atoms with Crippen molar-refractivity contribution in [1.29, 1.82) is 0 Å². The van der Waals surface area contributed by atoms with Gasteiger partial charge in [0.2, 0.25) is 17.7 Å². The summed E-state index contributed by atoms with van der Waals surface area (Å²) < 4.78 is 10.8. The van der Waals surface area contributed by atoms with Crippen LogP contribution in [-0.2, 0) is 33.6 Å². The van der Waals surface area contributed by atoms with E-state index in [1.165, 1.54) is 10.9 Å². The van der Waals surface area contributed by atoms with Crippen LogP contribution in [0.15, 0.2) is 34.9 Å². The van der Waals surface area contributed by atoms with E-state index in [1.807, 2.05) is 18.3 Å². The normalized spacial score (nSPS) is 16.5. The van der Waals surface area contributed by atoms with Gasteiger partial charge in [-0.3, -0.25) is 9.59 Å². The molecule has 1 fully saturated rings. The summed E-state index contributed by atoms with van der Waals surface area (Å²) in [5, 5.41) is 9.43. The van der Waals surface area contributed by atoms with E-state index in [4.69, 9.17) is 9.15 Å². The number of ether oxygens (including phenoxy) is 1. The number of hydrogen-bond donors (Lipinski definition) is 1. The number of aromatic amines is 1. The lowest BCUT2D eigenvalue weighted by molar-refractivity contribution is -0.151. The first-order valence-corrected chi connectivity index (χ1v) is 10.9. The number of rotatable bonds is 8. The summed E-state index contributed by atoms with van der Waals surface area (Å²) in [6, 6.07) is 8.19. The van der Waals surface area contributed by atoms with Crippen LogP contribution in [0.2, 0.25) is 0 Å². The van der Waals surface area contributed by atoms with Crippen molar-refractivity contribution in [2.75, 3.05) is 19.7 Å². The summed E-state index contributed by atoms with van der Waals surface area (Å²) in [6.45, 7) is 3.26. The van der Waals surface area contributed by atoms with Crippen molar-refractivity contribution < 1.29 is 18.7 Å². The number of amides is 1. The molecule has 1 amide bonds. The maximum absolute atomic E-state index is 12.6. The molecular weight excluding hydrogens is 396 g/mol. The van der Waals surface area contributed by atoms with Crippen molar-refractivity contribution in [2.45, 2.75) is 45.4 Å². The molecule has 3 heterocycles. The Bertz CT molecular complexity index is 1040. The number of benzene rings is 1. The molecule has 0 unspecified atom stereocenters. The number of nitrogens with one attached hydrogen (secondary N) is 1. The molecule has 3 aromatic rings. The quantitative estimate of drug-likeness (QED) is 0.558. The second-order valence-corrected chi connectivity index (χ2v) is 7.88. The zero-order valence-corrected chi connectivity index (χ0v) is 17.8. The fourth-order valence-electron chi connectivity index (χ4n) is 4.10. The minimum Gasteiger partial charge on any atom is -0.466 e. The zero-order chi connectivity index (χ0) is 21.6. The van der Waals surface area contributed by atoms with Crippen molar-refractivity contribution in [1.82, 2.24) is 20.1 Å². The summed E-state index contributed by atoms with van der Waals surface area (Å²) >= 11 is 0. The smallest absolute Gasteiger partial charge is 0.310 e. The highest BCUT2D eigenvalue weighted by molar-refractivity contribution is 5.83. The van der Waals surface area contributed by atoms with Gasteiger partial charge < -0.3 is 19.0 Å². The number of aromatic nitrogens is 3. The average Bonchev–Trinajstić information content (AvgIpc) is 3.43. The Morgan fingerprint density at radius 3 is 2.84 bits per heavy atom. The van der Waals surface area contributed by atoms with E-state index in [9.17, 15) is 9.59 Å². The molecule has 0 aliphatic carbocycles. The van der Waals surface area contributed by atoms with Gasteiger partial charge in [-0.1, -0.05) is 18.2 Å². The fraction of sp³-hybridized carbons (Fsp3) is 0.478. The highest BCUT2D eigenvalue weighted by atomic mass is 16.5. The number of carbonyl (C=O) groups excluding carboxylic acids is 2. The van der Waals surface area contributed by atoms with Crippen LogP contribution in [0.5, 0.6) is 0 Å². The standard InChI is InChI=1S/C23H28N4O4/c1-2-30-23(29)17-6-5-13-27(15-17)22(28)12-11-21-26-25-20(31-21)10-9-16-14-24-19-8-4-3-7-18(16)19/h3-4,7-8,14,17,24H,2,5-6,9-13,15H2,1H3/t17-/m1/s1. The van der Waals surface area contributed by atoms with E-state index in [2.05, 4.69) is 27.3 Å². The van der Waals surface area contributed by atoms with E-state index in [0.717, 1.165) is 24.8 Å². The van der Waals surface area contributed by atoms with Crippen LogP contribution in [0.25, 0.3) is 10.9 Å². The maximum atomic E-state index is 12.6. The first-order valence-electron chi connectivity index (χ1n) is 10.9. The van der Waals surface area contributed by atoms with Gasteiger partial charge in [-0.05, 0) is 37.8 Å². The van der Waals surface area contributed by atoms with Gasteiger partial charge in [-0.15, -0.1) is 10.2 Å². The molecule has 1 N–H and O–H groups in total. The molecule has 8 nitrogen and oxygen atoms in total. The van der Waals surface area contributed by atoms with Gasteiger partial charge in [0, 0.05) is 49.5 Å². The summed E-state index contributed by atoms with van der Waals surface area (Å²) in [4.78, 5) is 29.6. The number of H-pyrrole nitrogens is 1. The number of likely N-dealkylation sites (tertiary alicyclic amines) is 1. The van der Waals surface area contributed by atoms with Crippen molar-refractivity contribution in [3.63, 3.8) is 0 Å². The van der Waals surface area contributed by atoms with Crippen molar-refractivity contribution in [3.05, 3.63) is 47.8 Å². The number of piperidine rings is 1. The van der Waals surface area contributed by atoms with Crippen LogP contribution in [0.3, 0.4) is 0 Å². The van der Waals surface area contributed by atoms with Crippen LogP contribution < -0.4 is 0 Å². The predicted molar refractivity (Wildman–Crippen MR) is 114 cm³/mol. The topological polar surface area (TPSA) is 101 Å².